The highest BCUT2D eigenvalue weighted by Crippen LogP contribution is 2.51. The predicted octanol–water partition coefficient (Wildman–Crippen LogP) is 1.94. The Morgan fingerprint density at radius 1 is 1.24 bits per heavy atom. The summed E-state index contributed by atoms with van der Waals surface area (Å²) in [6.45, 7) is 6.95. The summed E-state index contributed by atoms with van der Waals surface area (Å²) in [5.41, 5.74) is -0.435. The molecule has 2 saturated heterocycles. The molecule has 3 aliphatic rings. The van der Waals surface area contributed by atoms with Gasteiger partial charge in [0.1, 0.15) is 11.6 Å². The standard InChI is InChI=1S/C18H28N2O5/c1-17(2,3)25-16(23)19-8-7-18(11-19)9-12(10-18)20-13(15(22)24-4)5-6-14(20)21/h12-13H,5-11H2,1-4H3. The number of nitrogens with zero attached hydrogens (tertiary/aromatic N) is 2. The van der Waals surface area contributed by atoms with E-state index in [1.807, 2.05) is 20.8 Å². The minimum absolute atomic E-state index is 0.0391. The van der Waals surface area contributed by atoms with Crippen LogP contribution in [0.25, 0.3) is 0 Å². The highest BCUT2D eigenvalue weighted by molar-refractivity contribution is 5.88. The van der Waals surface area contributed by atoms with Crippen LogP contribution in [0.4, 0.5) is 4.79 Å². The van der Waals surface area contributed by atoms with Crippen LogP contribution in [0.1, 0.15) is 52.9 Å². The van der Waals surface area contributed by atoms with Crippen molar-refractivity contribution >= 4 is 18.0 Å². The molecule has 0 N–H and O–H groups in total. The quantitative estimate of drug-likeness (QED) is 0.710. The fourth-order valence-electron chi connectivity index (χ4n) is 4.41. The van der Waals surface area contributed by atoms with E-state index in [0.29, 0.717) is 25.9 Å². The number of carbonyl (C=O) groups is 3. The fourth-order valence-corrected chi connectivity index (χ4v) is 4.41. The molecule has 1 unspecified atom stereocenters. The molecule has 0 aromatic rings. The van der Waals surface area contributed by atoms with Crippen molar-refractivity contribution in [3.63, 3.8) is 0 Å². The Kier molecular flexibility index (Phi) is 4.45. The van der Waals surface area contributed by atoms with Gasteiger partial charge in [-0.25, -0.2) is 9.59 Å². The predicted molar refractivity (Wildman–Crippen MR) is 89.8 cm³/mol. The molecule has 7 heteroatoms. The average Bonchev–Trinajstić information content (AvgIpc) is 3.07. The SMILES string of the molecule is COC(=O)C1CCC(=O)N1C1CC2(CCN(C(=O)OC(C)(C)C)C2)C1. The van der Waals surface area contributed by atoms with E-state index in [1.165, 1.54) is 7.11 Å². The van der Waals surface area contributed by atoms with Crippen LogP contribution in [0.3, 0.4) is 0 Å². The van der Waals surface area contributed by atoms with Crippen LogP contribution in [0.5, 0.6) is 0 Å². The van der Waals surface area contributed by atoms with Crippen molar-refractivity contribution in [3.8, 4) is 0 Å². The normalized spacial score (nSPS) is 32.1. The number of amides is 2. The van der Waals surface area contributed by atoms with Crippen molar-refractivity contribution < 1.29 is 23.9 Å². The second-order valence-corrected chi connectivity index (χ2v) is 8.59. The number of hydrogen-bond donors (Lipinski definition) is 0. The number of ether oxygens (including phenoxy) is 2. The van der Waals surface area contributed by atoms with Gasteiger partial charge in [0.15, 0.2) is 0 Å². The van der Waals surface area contributed by atoms with Crippen molar-refractivity contribution in [1.82, 2.24) is 9.80 Å². The van der Waals surface area contributed by atoms with E-state index in [1.54, 1.807) is 9.80 Å². The summed E-state index contributed by atoms with van der Waals surface area (Å²) >= 11 is 0. The van der Waals surface area contributed by atoms with E-state index < -0.39 is 11.6 Å². The Bertz CT molecular complexity index is 577. The summed E-state index contributed by atoms with van der Waals surface area (Å²) < 4.78 is 10.3. The second kappa shape index (κ2) is 6.18. The van der Waals surface area contributed by atoms with Crippen molar-refractivity contribution in [2.45, 2.75) is 70.6 Å². The summed E-state index contributed by atoms with van der Waals surface area (Å²) in [5.74, 6) is -0.286. The monoisotopic (exact) mass is 352 g/mol. The minimum Gasteiger partial charge on any atom is -0.467 e. The Morgan fingerprint density at radius 3 is 2.52 bits per heavy atom. The molecule has 2 heterocycles. The molecule has 1 saturated carbocycles. The van der Waals surface area contributed by atoms with Crippen LogP contribution in [-0.4, -0.2) is 65.7 Å². The zero-order valence-electron chi connectivity index (χ0n) is 15.5. The number of esters is 1. The maximum atomic E-state index is 12.2. The molecule has 140 valence electrons. The molecular weight excluding hydrogens is 324 g/mol. The first-order valence-corrected chi connectivity index (χ1v) is 9.01. The molecule has 0 radical (unpaired) electrons. The van der Waals surface area contributed by atoms with Crippen LogP contribution in [0, 0.1) is 5.41 Å². The highest BCUT2D eigenvalue weighted by atomic mass is 16.6. The van der Waals surface area contributed by atoms with Crippen molar-refractivity contribution in [2.24, 2.45) is 5.41 Å². The largest absolute Gasteiger partial charge is 0.467 e. The van der Waals surface area contributed by atoms with Gasteiger partial charge in [-0.15, -0.1) is 0 Å². The molecule has 0 bridgehead atoms. The molecule has 1 aliphatic carbocycles. The number of carbonyl (C=O) groups excluding carboxylic acids is 3. The lowest BCUT2D eigenvalue weighted by atomic mass is 9.64. The fraction of sp³-hybridized carbons (Fsp3) is 0.833. The third-order valence-corrected chi connectivity index (χ3v) is 5.55. The summed E-state index contributed by atoms with van der Waals surface area (Å²) in [6.07, 6.45) is 3.29. The lowest BCUT2D eigenvalue weighted by molar-refractivity contribution is -0.154. The third-order valence-electron chi connectivity index (χ3n) is 5.55. The van der Waals surface area contributed by atoms with Crippen molar-refractivity contribution in [1.29, 1.82) is 0 Å². The maximum absolute atomic E-state index is 12.2. The van der Waals surface area contributed by atoms with Crippen LogP contribution in [0.2, 0.25) is 0 Å². The van der Waals surface area contributed by atoms with Gasteiger partial charge in [-0.2, -0.15) is 0 Å². The van der Waals surface area contributed by atoms with Crippen LogP contribution >= 0.6 is 0 Å². The van der Waals surface area contributed by atoms with E-state index >= 15 is 0 Å². The first kappa shape index (κ1) is 18.0. The Hall–Kier alpha value is -1.79. The molecule has 25 heavy (non-hydrogen) atoms. The first-order valence-electron chi connectivity index (χ1n) is 9.01. The van der Waals surface area contributed by atoms with Gasteiger partial charge < -0.3 is 19.3 Å². The number of hydrogen-bond acceptors (Lipinski definition) is 5. The van der Waals surface area contributed by atoms with Crippen molar-refractivity contribution in [3.05, 3.63) is 0 Å². The van der Waals surface area contributed by atoms with Crippen LogP contribution < -0.4 is 0 Å². The minimum atomic E-state index is -0.495. The summed E-state index contributed by atoms with van der Waals surface area (Å²) in [5, 5.41) is 0. The Labute approximate surface area is 148 Å². The van der Waals surface area contributed by atoms with Gasteiger partial charge in [0.25, 0.3) is 0 Å². The van der Waals surface area contributed by atoms with Gasteiger partial charge in [-0.3, -0.25) is 4.79 Å². The van der Waals surface area contributed by atoms with Gasteiger partial charge in [-0.1, -0.05) is 0 Å². The number of likely N-dealkylation sites (tertiary alicyclic amines) is 2. The lowest BCUT2D eigenvalue weighted by Gasteiger charge is -2.50. The van der Waals surface area contributed by atoms with E-state index in [0.717, 1.165) is 19.3 Å². The highest BCUT2D eigenvalue weighted by Gasteiger charge is 2.55. The Balaban J connectivity index is 1.58. The lowest BCUT2D eigenvalue weighted by Crippen LogP contribution is -2.56. The topological polar surface area (TPSA) is 76.2 Å². The van der Waals surface area contributed by atoms with Gasteiger partial charge in [0.05, 0.1) is 7.11 Å². The maximum Gasteiger partial charge on any atom is 0.410 e. The molecule has 2 amide bonds. The molecule has 2 aliphatic heterocycles. The van der Waals surface area contributed by atoms with Gasteiger partial charge >= 0.3 is 12.1 Å². The van der Waals surface area contributed by atoms with E-state index in [2.05, 4.69) is 0 Å². The van der Waals surface area contributed by atoms with E-state index in [9.17, 15) is 14.4 Å². The Morgan fingerprint density at radius 2 is 1.92 bits per heavy atom. The molecule has 3 rings (SSSR count). The number of methoxy groups -OCH3 is 1. The average molecular weight is 352 g/mol. The summed E-state index contributed by atoms with van der Waals surface area (Å²) in [6, 6.07) is -0.360. The van der Waals surface area contributed by atoms with E-state index in [-0.39, 0.29) is 29.4 Å². The molecule has 1 atom stereocenters. The molecule has 3 fully saturated rings. The molecular formula is C18H28N2O5. The van der Waals surface area contributed by atoms with Gasteiger partial charge in [-0.05, 0) is 51.9 Å². The summed E-state index contributed by atoms with van der Waals surface area (Å²) in [4.78, 5) is 39.9. The molecule has 1 spiro atoms. The zero-order valence-corrected chi connectivity index (χ0v) is 15.5. The molecule has 0 aromatic heterocycles. The smallest absolute Gasteiger partial charge is 0.410 e. The van der Waals surface area contributed by atoms with Gasteiger partial charge in [0, 0.05) is 25.6 Å². The third kappa shape index (κ3) is 3.46. The first-order chi connectivity index (χ1) is 11.6. The molecule has 7 nitrogen and oxygen atoms in total. The molecule has 0 aromatic carbocycles. The van der Waals surface area contributed by atoms with E-state index in [4.69, 9.17) is 9.47 Å². The van der Waals surface area contributed by atoms with Gasteiger partial charge in [0.2, 0.25) is 5.91 Å². The summed E-state index contributed by atoms with van der Waals surface area (Å²) in [7, 11) is 1.36. The number of rotatable bonds is 2. The van der Waals surface area contributed by atoms with Crippen molar-refractivity contribution in [2.75, 3.05) is 20.2 Å². The second-order valence-electron chi connectivity index (χ2n) is 8.59. The van der Waals surface area contributed by atoms with Crippen LogP contribution in [-0.2, 0) is 19.1 Å². The zero-order chi connectivity index (χ0) is 18.4. The van der Waals surface area contributed by atoms with Crippen LogP contribution in [0.15, 0.2) is 0 Å².